The predicted molar refractivity (Wildman–Crippen MR) is 160 cm³/mol. The summed E-state index contributed by atoms with van der Waals surface area (Å²) in [5.41, 5.74) is 6.14. The molecule has 6 rings (SSSR count). The van der Waals surface area contributed by atoms with Crippen LogP contribution < -0.4 is 10.6 Å². The summed E-state index contributed by atoms with van der Waals surface area (Å²) in [7, 11) is 0. The van der Waals surface area contributed by atoms with Crippen LogP contribution in [0.2, 0.25) is 0 Å². The number of benzene rings is 6. The van der Waals surface area contributed by atoms with E-state index in [4.69, 9.17) is 0 Å². The highest BCUT2D eigenvalue weighted by molar-refractivity contribution is 6.11. The fourth-order valence-electron chi connectivity index (χ4n) is 4.99. The van der Waals surface area contributed by atoms with Crippen LogP contribution in [0.3, 0.4) is 0 Å². The van der Waals surface area contributed by atoms with E-state index in [-0.39, 0.29) is 11.1 Å². The number of anilines is 4. The lowest BCUT2D eigenvalue weighted by Crippen LogP contribution is -1.98. The van der Waals surface area contributed by atoms with Crippen molar-refractivity contribution in [1.82, 2.24) is 0 Å². The van der Waals surface area contributed by atoms with Crippen LogP contribution in [0.4, 0.5) is 22.7 Å². The SMILES string of the molecule is O=C(O)c1ccc(Nc2ccc(-c3ccc(Nc4ccc(C(=O)O)cc4)c4ccccc34)c3ccccc23)cc1. The lowest BCUT2D eigenvalue weighted by atomic mass is 9.92. The first kappa shape index (κ1) is 24.7. The zero-order valence-corrected chi connectivity index (χ0v) is 21.3. The largest absolute Gasteiger partial charge is 0.478 e. The first-order valence-electron chi connectivity index (χ1n) is 12.7. The molecule has 0 saturated heterocycles. The van der Waals surface area contributed by atoms with Gasteiger partial charge in [-0.15, -0.1) is 0 Å². The van der Waals surface area contributed by atoms with E-state index in [0.717, 1.165) is 55.4 Å². The van der Waals surface area contributed by atoms with E-state index in [1.54, 1.807) is 48.5 Å². The molecule has 194 valence electrons. The van der Waals surface area contributed by atoms with Gasteiger partial charge in [-0.25, -0.2) is 9.59 Å². The van der Waals surface area contributed by atoms with Crippen LogP contribution in [-0.2, 0) is 0 Å². The molecular weight excluding hydrogens is 500 g/mol. The second kappa shape index (κ2) is 10.3. The van der Waals surface area contributed by atoms with Gasteiger partial charge in [-0.2, -0.15) is 0 Å². The molecule has 0 bridgehead atoms. The number of fused-ring (bicyclic) bond motifs is 2. The molecule has 0 heterocycles. The van der Waals surface area contributed by atoms with Gasteiger partial charge >= 0.3 is 11.9 Å². The number of hydrogen-bond acceptors (Lipinski definition) is 4. The van der Waals surface area contributed by atoms with E-state index in [0.29, 0.717) is 0 Å². The Labute approximate surface area is 230 Å². The molecule has 6 nitrogen and oxygen atoms in total. The van der Waals surface area contributed by atoms with Gasteiger partial charge in [0, 0.05) is 33.5 Å². The van der Waals surface area contributed by atoms with E-state index in [9.17, 15) is 19.8 Å². The lowest BCUT2D eigenvalue weighted by molar-refractivity contribution is 0.0686. The average molecular weight is 525 g/mol. The van der Waals surface area contributed by atoms with Crippen LogP contribution >= 0.6 is 0 Å². The summed E-state index contributed by atoms with van der Waals surface area (Å²) in [6.45, 7) is 0. The van der Waals surface area contributed by atoms with Crippen molar-refractivity contribution in [2.24, 2.45) is 0 Å². The van der Waals surface area contributed by atoms with Crippen LogP contribution in [0.1, 0.15) is 20.7 Å². The van der Waals surface area contributed by atoms with E-state index < -0.39 is 11.9 Å². The van der Waals surface area contributed by atoms with Crippen LogP contribution in [0.5, 0.6) is 0 Å². The van der Waals surface area contributed by atoms with Gasteiger partial charge in [0.1, 0.15) is 0 Å². The number of rotatable bonds is 7. The first-order valence-corrected chi connectivity index (χ1v) is 12.7. The summed E-state index contributed by atoms with van der Waals surface area (Å²) in [6.07, 6.45) is 0. The third-order valence-electron chi connectivity index (χ3n) is 6.96. The monoisotopic (exact) mass is 524 g/mol. The topological polar surface area (TPSA) is 98.7 Å². The average Bonchev–Trinajstić information content (AvgIpc) is 2.98. The van der Waals surface area contributed by atoms with Gasteiger partial charge in [-0.1, -0.05) is 60.7 Å². The second-order valence-electron chi connectivity index (χ2n) is 9.43. The Morgan fingerprint density at radius 2 is 0.775 bits per heavy atom. The fraction of sp³-hybridized carbons (Fsp3) is 0. The summed E-state index contributed by atoms with van der Waals surface area (Å²) >= 11 is 0. The smallest absolute Gasteiger partial charge is 0.335 e. The predicted octanol–water partition coefficient (Wildman–Crippen LogP) is 8.54. The molecule has 0 aliphatic carbocycles. The molecule has 6 heteroatoms. The summed E-state index contributed by atoms with van der Waals surface area (Å²) < 4.78 is 0. The molecule has 0 amide bonds. The van der Waals surface area contributed by atoms with Gasteiger partial charge in [0.2, 0.25) is 0 Å². The maximum absolute atomic E-state index is 11.2. The zero-order valence-electron chi connectivity index (χ0n) is 21.3. The Balaban J connectivity index is 1.40. The number of carboxylic acids is 2. The highest BCUT2D eigenvalue weighted by Crippen LogP contribution is 2.40. The van der Waals surface area contributed by atoms with Crippen LogP contribution in [-0.4, -0.2) is 22.2 Å². The van der Waals surface area contributed by atoms with Crippen LogP contribution in [0.15, 0.2) is 121 Å². The molecular formula is C34H24N2O4. The summed E-state index contributed by atoms with van der Waals surface area (Å²) in [4.78, 5) is 22.4. The van der Waals surface area contributed by atoms with E-state index >= 15 is 0 Å². The fourth-order valence-corrected chi connectivity index (χ4v) is 4.99. The minimum Gasteiger partial charge on any atom is -0.478 e. The van der Waals surface area contributed by atoms with Crippen molar-refractivity contribution in [2.75, 3.05) is 10.6 Å². The van der Waals surface area contributed by atoms with E-state index in [2.05, 4.69) is 47.0 Å². The maximum atomic E-state index is 11.2. The molecule has 0 aliphatic rings. The Bertz CT molecular complexity index is 1750. The molecule has 4 N–H and O–H groups in total. The summed E-state index contributed by atoms with van der Waals surface area (Å²) in [5.74, 6) is -1.91. The molecule has 6 aromatic carbocycles. The molecule has 0 aromatic heterocycles. The number of carbonyl (C=O) groups is 2. The highest BCUT2D eigenvalue weighted by atomic mass is 16.4. The quantitative estimate of drug-likeness (QED) is 0.167. The molecule has 6 aromatic rings. The lowest BCUT2D eigenvalue weighted by Gasteiger charge is -2.17. The normalized spacial score (nSPS) is 10.9. The first-order chi connectivity index (χ1) is 19.5. The van der Waals surface area contributed by atoms with Crippen molar-refractivity contribution in [3.05, 3.63) is 132 Å². The second-order valence-corrected chi connectivity index (χ2v) is 9.43. The van der Waals surface area contributed by atoms with E-state index in [1.165, 1.54) is 0 Å². The van der Waals surface area contributed by atoms with Gasteiger partial charge in [0.05, 0.1) is 11.1 Å². The maximum Gasteiger partial charge on any atom is 0.335 e. The zero-order chi connectivity index (χ0) is 27.6. The third kappa shape index (κ3) is 4.70. The molecule has 0 atom stereocenters. The third-order valence-corrected chi connectivity index (χ3v) is 6.96. The molecule has 0 aliphatic heterocycles. The number of hydrogen-bond donors (Lipinski definition) is 4. The Morgan fingerprint density at radius 1 is 0.425 bits per heavy atom. The van der Waals surface area contributed by atoms with Crippen molar-refractivity contribution in [2.45, 2.75) is 0 Å². The van der Waals surface area contributed by atoms with Gasteiger partial charge in [-0.3, -0.25) is 0 Å². The molecule has 40 heavy (non-hydrogen) atoms. The Morgan fingerprint density at radius 3 is 1.12 bits per heavy atom. The van der Waals surface area contributed by atoms with Crippen molar-refractivity contribution in [3.63, 3.8) is 0 Å². The summed E-state index contributed by atoms with van der Waals surface area (Å²) in [5, 5.41) is 29.5. The van der Waals surface area contributed by atoms with Gasteiger partial charge in [0.15, 0.2) is 0 Å². The number of nitrogens with one attached hydrogen (secondary N) is 2. The molecule has 0 unspecified atom stereocenters. The molecule has 0 radical (unpaired) electrons. The van der Waals surface area contributed by atoms with Crippen molar-refractivity contribution < 1.29 is 19.8 Å². The van der Waals surface area contributed by atoms with Crippen molar-refractivity contribution >= 4 is 56.2 Å². The number of aromatic carboxylic acids is 2. The number of carboxylic acid groups (broad SMARTS) is 2. The highest BCUT2D eigenvalue weighted by Gasteiger charge is 2.13. The van der Waals surface area contributed by atoms with E-state index in [1.807, 2.05) is 36.4 Å². The van der Waals surface area contributed by atoms with Crippen LogP contribution in [0.25, 0.3) is 32.7 Å². The van der Waals surface area contributed by atoms with Crippen molar-refractivity contribution in [3.8, 4) is 11.1 Å². The molecule has 0 saturated carbocycles. The molecule has 0 spiro atoms. The van der Waals surface area contributed by atoms with Gasteiger partial charge < -0.3 is 20.8 Å². The minimum absolute atomic E-state index is 0.243. The minimum atomic E-state index is -0.953. The summed E-state index contributed by atoms with van der Waals surface area (Å²) in [6, 6.07) is 38.1. The van der Waals surface area contributed by atoms with Gasteiger partial charge in [-0.05, 0) is 82.6 Å². The molecule has 0 fully saturated rings. The Hall–Kier alpha value is -5.62. The van der Waals surface area contributed by atoms with Crippen LogP contribution in [0, 0.1) is 0 Å². The standard InChI is InChI=1S/C34H24N2O4/c37-33(38)21-9-13-23(14-10-21)35-31-19-17-27(25-5-1-3-7-29(25)31)28-18-20-32(30-8-4-2-6-26(28)30)36-24-15-11-22(12-16-24)34(39)40/h1-20,35-36H,(H,37,38)(H,39,40). The van der Waals surface area contributed by atoms with Crippen molar-refractivity contribution in [1.29, 1.82) is 0 Å². The Kier molecular flexibility index (Phi) is 6.34. The van der Waals surface area contributed by atoms with Gasteiger partial charge in [0.25, 0.3) is 0 Å².